The van der Waals surface area contributed by atoms with Crippen molar-refractivity contribution in [3.63, 3.8) is 0 Å². The number of methoxy groups -OCH3 is 1. The molecule has 0 saturated carbocycles. The molecule has 0 fully saturated rings. The summed E-state index contributed by atoms with van der Waals surface area (Å²) in [6.07, 6.45) is 4.70. The fourth-order valence-electron chi connectivity index (χ4n) is 1.07. The normalized spacial score (nSPS) is 10.4. The zero-order valence-corrected chi connectivity index (χ0v) is 7.93. The number of rotatable bonds is 4. The third-order valence-corrected chi connectivity index (χ3v) is 1.75. The molecule has 1 rings (SSSR count). The number of allylic oxidation sites excluding steroid dienone is 1. The molecule has 0 heterocycles. The molecular weight excluding hydrogens is 180 g/mol. The molecule has 0 radical (unpaired) electrons. The first-order valence-electron chi connectivity index (χ1n) is 4.25. The van der Waals surface area contributed by atoms with Gasteiger partial charge in [-0.15, -0.1) is 0 Å². The molecule has 3 nitrogen and oxygen atoms in total. The number of ether oxygens (including phenoxy) is 1. The Kier molecular flexibility index (Phi) is 3.73. The quantitative estimate of drug-likeness (QED) is 0.742. The Bertz CT molecular complexity index is 342. The summed E-state index contributed by atoms with van der Waals surface area (Å²) in [6.45, 7) is 0. The largest absolute Gasteiger partial charge is 0.504 e. The summed E-state index contributed by atoms with van der Waals surface area (Å²) in [4.78, 5) is 10.0. The van der Waals surface area contributed by atoms with Gasteiger partial charge in [0.15, 0.2) is 11.5 Å². The van der Waals surface area contributed by atoms with Crippen LogP contribution in [0.4, 0.5) is 0 Å². The Morgan fingerprint density at radius 2 is 2.29 bits per heavy atom. The molecule has 0 aliphatic carbocycles. The Hall–Kier alpha value is -1.77. The number of carbonyl (C=O) groups is 1. The molecule has 0 spiro atoms. The Labute approximate surface area is 82.6 Å². The van der Waals surface area contributed by atoms with Crippen molar-refractivity contribution in [1.29, 1.82) is 0 Å². The molecule has 0 atom stereocenters. The molecule has 1 aromatic carbocycles. The molecule has 1 N–H and O–H groups in total. The van der Waals surface area contributed by atoms with Crippen LogP contribution in [0.5, 0.6) is 11.5 Å². The predicted molar refractivity (Wildman–Crippen MR) is 54.4 cm³/mol. The number of carbonyl (C=O) groups excluding carboxylic acids is 1. The minimum absolute atomic E-state index is 0.0979. The van der Waals surface area contributed by atoms with Crippen molar-refractivity contribution in [3.05, 3.63) is 29.8 Å². The highest BCUT2D eigenvalue weighted by Crippen LogP contribution is 2.26. The SMILES string of the molecule is COc1ccc(C=CCC=O)cc1O. The van der Waals surface area contributed by atoms with Crippen LogP contribution in [0, 0.1) is 0 Å². The topological polar surface area (TPSA) is 46.5 Å². The van der Waals surface area contributed by atoms with Crippen molar-refractivity contribution in [2.45, 2.75) is 6.42 Å². The van der Waals surface area contributed by atoms with E-state index in [1.165, 1.54) is 7.11 Å². The van der Waals surface area contributed by atoms with Gasteiger partial charge in [-0.2, -0.15) is 0 Å². The van der Waals surface area contributed by atoms with Gasteiger partial charge in [0.1, 0.15) is 6.29 Å². The zero-order valence-electron chi connectivity index (χ0n) is 7.93. The van der Waals surface area contributed by atoms with E-state index in [9.17, 15) is 9.90 Å². The first-order chi connectivity index (χ1) is 6.77. The molecule has 0 saturated heterocycles. The maximum absolute atomic E-state index is 10.0. The van der Waals surface area contributed by atoms with E-state index in [0.717, 1.165) is 11.8 Å². The lowest BCUT2D eigenvalue weighted by Crippen LogP contribution is -1.83. The van der Waals surface area contributed by atoms with Crippen LogP contribution < -0.4 is 4.74 Å². The van der Waals surface area contributed by atoms with Crippen LogP contribution in [0.2, 0.25) is 0 Å². The fourth-order valence-corrected chi connectivity index (χ4v) is 1.07. The smallest absolute Gasteiger partial charge is 0.160 e. The van der Waals surface area contributed by atoms with Gasteiger partial charge in [-0.1, -0.05) is 18.2 Å². The van der Waals surface area contributed by atoms with Gasteiger partial charge in [-0.25, -0.2) is 0 Å². The molecule has 0 aliphatic heterocycles. The lowest BCUT2D eigenvalue weighted by molar-refractivity contribution is -0.107. The van der Waals surface area contributed by atoms with Gasteiger partial charge >= 0.3 is 0 Å². The summed E-state index contributed by atoms with van der Waals surface area (Å²) in [6, 6.07) is 5.07. The number of aromatic hydroxyl groups is 1. The maximum atomic E-state index is 10.0. The van der Waals surface area contributed by atoms with E-state index < -0.39 is 0 Å². The lowest BCUT2D eigenvalue weighted by atomic mass is 10.2. The zero-order chi connectivity index (χ0) is 10.4. The summed E-state index contributed by atoms with van der Waals surface area (Å²) in [7, 11) is 1.50. The minimum atomic E-state index is 0.0979. The molecule has 1 aromatic rings. The molecular formula is C11H12O3. The number of aldehydes is 1. The fraction of sp³-hybridized carbons (Fsp3) is 0.182. The third kappa shape index (κ3) is 2.62. The summed E-state index contributed by atoms with van der Waals surface area (Å²) in [5.41, 5.74) is 0.838. The molecule has 0 aromatic heterocycles. The van der Waals surface area contributed by atoms with Gasteiger partial charge in [0.2, 0.25) is 0 Å². The highest BCUT2D eigenvalue weighted by Gasteiger charge is 1.99. The second-order valence-corrected chi connectivity index (χ2v) is 2.74. The van der Waals surface area contributed by atoms with Crippen molar-refractivity contribution in [1.82, 2.24) is 0 Å². The van der Waals surface area contributed by atoms with Gasteiger partial charge in [0.05, 0.1) is 7.11 Å². The van der Waals surface area contributed by atoms with E-state index >= 15 is 0 Å². The van der Waals surface area contributed by atoms with Gasteiger partial charge in [0, 0.05) is 6.42 Å². The standard InChI is InChI=1S/C11H12O3/c1-14-11-6-5-9(8-10(11)13)4-2-3-7-12/h2,4-8,13H,3H2,1H3. The summed E-state index contributed by atoms with van der Waals surface area (Å²) < 4.78 is 4.90. The Morgan fingerprint density at radius 1 is 1.50 bits per heavy atom. The lowest BCUT2D eigenvalue weighted by Gasteiger charge is -2.02. The van der Waals surface area contributed by atoms with E-state index in [0.29, 0.717) is 12.2 Å². The van der Waals surface area contributed by atoms with Crippen LogP contribution in [0.3, 0.4) is 0 Å². The van der Waals surface area contributed by atoms with E-state index in [4.69, 9.17) is 4.74 Å². The van der Waals surface area contributed by atoms with Crippen LogP contribution >= 0.6 is 0 Å². The van der Waals surface area contributed by atoms with Crippen molar-refractivity contribution in [3.8, 4) is 11.5 Å². The Morgan fingerprint density at radius 3 is 2.86 bits per heavy atom. The maximum Gasteiger partial charge on any atom is 0.160 e. The summed E-state index contributed by atoms with van der Waals surface area (Å²) in [5.74, 6) is 0.540. The average molecular weight is 192 g/mol. The average Bonchev–Trinajstić information content (AvgIpc) is 2.18. The summed E-state index contributed by atoms with van der Waals surface area (Å²) in [5, 5.41) is 9.42. The summed E-state index contributed by atoms with van der Waals surface area (Å²) >= 11 is 0. The number of hydrogen-bond donors (Lipinski definition) is 1. The highest BCUT2D eigenvalue weighted by atomic mass is 16.5. The number of phenolic OH excluding ortho intramolecular Hbond substituents is 1. The van der Waals surface area contributed by atoms with Crippen molar-refractivity contribution in [2.75, 3.05) is 7.11 Å². The van der Waals surface area contributed by atoms with E-state index in [-0.39, 0.29) is 5.75 Å². The molecule has 0 unspecified atom stereocenters. The van der Waals surface area contributed by atoms with E-state index in [1.807, 2.05) is 0 Å². The first-order valence-corrected chi connectivity index (χ1v) is 4.25. The first kappa shape index (κ1) is 10.3. The van der Waals surface area contributed by atoms with E-state index in [1.54, 1.807) is 30.4 Å². The second kappa shape index (κ2) is 5.07. The van der Waals surface area contributed by atoms with Crippen LogP contribution in [0.25, 0.3) is 6.08 Å². The van der Waals surface area contributed by atoms with Crippen LogP contribution in [0.15, 0.2) is 24.3 Å². The van der Waals surface area contributed by atoms with Crippen LogP contribution in [-0.2, 0) is 4.79 Å². The second-order valence-electron chi connectivity index (χ2n) is 2.74. The number of benzene rings is 1. The Balaban J connectivity index is 2.80. The van der Waals surface area contributed by atoms with Crippen molar-refractivity contribution in [2.24, 2.45) is 0 Å². The van der Waals surface area contributed by atoms with Crippen molar-refractivity contribution >= 4 is 12.4 Å². The predicted octanol–water partition coefficient (Wildman–Crippen LogP) is 2.00. The monoisotopic (exact) mass is 192 g/mol. The highest BCUT2D eigenvalue weighted by molar-refractivity contribution is 5.60. The van der Waals surface area contributed by atoms with Gasteiger partial charge in [0.25, 0.3) is 0 Å². The van der Waals surface area contributed by atoms with Crippen LogP contribution in [0.1, 0.15) is 12.0 Å². The third-order valence-electron chi connectivity index (χ3n) is 1.75. The number of hydrogen-bond acceptors (Lipinski definition) is 3. The van der Waals surface area contributed by atoms with E-state index in [2.05, 4.69) is 0 Å². The van der Waals surface area contributed by atoms with Gasteiger partial charge in [-0.05, 0) is 17.7 Å². The number of phenols is 1. The molecule has 0 aliphatic rings. The molecule has 14 heavy (non-hydrogen) atoms. The van der Waals surface area contributed by atoms with Crippen molar-refractivity contribution < 1.29 is 14.6 Å². The van der Waals surface area contributed by atoms with Gasteiger partial charge in [-0.3, -0.25) is 0 Å². The van der Waals surface area contributed by atoms with Crippen LogP contribution in [-0.4, -0.2) is 18.5 Å². The molecule has 0 bridgehead atoms. The van der Waals surface area contributed by atoms with Gasteiger partial charge < -0.3 is 14.6 Å². The molecule has 3 heteroatoms. The minimum Gasteiger partial charge on any atom is -0.504 e. The molecule has 74 valence electrons. The molecule has 0 amide bonds.